The number of nitrogens with one attached hydrogen (secondary N) is 3. The molecule has 2 aromatic rings. The molecule has 0 aliphatic carbocycles. The molecule has 1 aliphatic rings. The summed E-state index contributed by atoms with van der Waals surface area (Å²) in [5.74, 6) is 0.409. The van der Waals surface area contributed by atoms with E-state index in [1.807, 2.05) is 13.0 Å². The minimum absolute atomic E-state index is 0.00756. The number of nitrogens with zero attached hydrogens (tertiary/aromatic N) is 3. The quantitative estimate of drug-likeness (QED) is 0.568. The monoisotopic (exact) mass is 320 g/mol. The first-order chi connectivity index (χ1) is 11.0. The molecule has 2 aromatic heterocycles. The van der Waals surface area contributed by atoms with Crippen LogP contribution in [0.5, 0.6) is 0 Å². The summed E-state index contributed by atoms with van der Waals surface area (Å²) in [6, 6.07) is 1.95. The maximum absolute atomic E-state index is 12.2. The van der Waals surface area contributed by atoms with Crippen molar-refractivity contribution in [1.29, 1.82) is 0 Å². The van der Waals surface area contributed by atoms with E-state index in [2.05, 4.69) is 25.4 Å². The zero-order chi connectivity index (χ0) is 16.4. The van der Waals surface area contributed by atoms with E-state index in [1.54, 1.807) is 4.90 Å². The van der Waals surface area contributed by atoms with Gasteiger partial charge in [-0.25, -0.2) is 9.89 Å². The molecule has 3 heterocycles. The smallest absolute Gasteiger partial charge is 0.340 e. The van der Waals surface area contributed by atoms with Gasteiger partial charge in [-0.2, -0.15) is 10.2 Å². The van der Waals surface area contributed by atoms with Crippen molar-refractivity contribution < 1.29 is 9.90 Å². The van der Waals surface area contributed by atoms with Crippen LogP contribution in [0.1, 0.15) is 23.6 Å². The third-order valence-corrected chi connectivity index (χ3v) is 4.12. The van der Waals surface area contributed by atoms with Crippen LogP contribution in [-0.2, 0) is 17.6 Å². The molecule has 9 heteroatoms. The third-order valence-electron chi connectivity index (χ3n) is 4.12. The van der Waals surface area contributed by atoms with Crippen molar-refractivity contribution in [1.82, 2.24) is 30.3 Å². The minimum Gasteiger partial charge on any atom is -0.391 e. The van der Waals surface area contributed by atoms with Crippen molar-refractivity contribution in [3.8, 4) is 0 Å². The average Bonchev–Trinajstić information content (AvgIpc) is 3.20. The van der Waals surface area contributed by atoms with Crippen LogP contribution in [0.15, 0.2) is 10.9 Å². The zero-order valence-electron chi connectivity index (χ0n) is 12.9. The van der Waals surface area contributed by atoms with E-state index in [0.717, 1.165) is 11.4 Å². The first kappa shape index (κ1) is 15.5. The van der Waals surface area contributed by atoms with Gasteiger partial charge in [-0.1, -0.05) is 0 Å². The molecule has 2 atom stereocenters. The largest absolute Gasteiger partial charge is 0.391 e. The molecule has 1 fully saturated rings. The number of amides is 1. The number of hydrogen-bond acceptors (Lipinski definition) is 5. The van der Waals surface area contributed by atoms with E-state index >= 15 is 0 Å². The van der Waals surface area contributed by atoms with Gasteiger partial charge >= 0.3 is 5.69 Å². The standard InChI is InChI=1S/C14H20N6O3/c1-8-4-10(17-16-8)5-9-6-20(7-11(9)21)13(22)3-2-12-15-14(23)19-18-12/h4,9,11,21H,2-3,5-7H2,1H3,(H,16,17)(H2,15,18,19,23)/t9-,11+/m1/s1. The first-order valence-electron chi connectivity index (χ1n) is 7.61. The van der Waals surface area contributed by atoms with Gasteiger partial charge in [-0.15, -0.1) is 0 Å². The summed E-state index contributed by atoms with van der Waals surface area (Å²) >= 11 is 0. The molecule has 0 aromatic carbocycles. The fourth-order valence-electron chi connectivity index (χ4n) is 2.91. The highest BCUT2D eigenvalue weighted by Crippen LogP contribution is 2.22. The van der Waals surface area contributed by atoms with Gasteiger partial charge in [0.2, 0.25) is 5.91 Å². The summed E-state index contributed by atoms with van der Waals surface area (Å²) in [6.07, 6.45) is 0.720. The Morgan fingerprint density at radius 2 is 2.22 bits per heavy atom. The molecule has 4 N–H and O–H groups in total. The van der Waals surface area contributed by atoms with Crippen LogP contribution in [0.4, 0.5) is 0 Å². The fraction of sp³-hybridized carbons (Fsp3) is 0.571. The van der Waals surface area contributed by atoms with Crippen LogP contribution < -0.4 is 5.69 Å². The molecule has 0 saturated carbocycles. The molecule has 23 heavy (non-hydrogen) atoms. The van der Waals surface area contributed by atoms with Gasteiger partial charge in [0.25, 0.3) is 0 Å². The molecule has 0 bridgehead atoms. The Labute approximate surface area is 132 Å². The second-order valence-electron chi connectivity index (χ2n) is 6.00. The van der Waals surface area contributed by atoms with Crippen molar-refractivity contribution in [2.24, 2.45) is 5.92 Å². The molecule has 1 aliphatic heterocycles. The molecular formula is C14H20N6O3. The molecule has 9 nitrogen and oxygen atoms in total. The lowest BCUT2D eigenvalue weighted by Gasteiger charge is -2.15. The molecule has 0 unspecified atom stereocenters. The third kappa shape index (κ3) is 3.67. The number of carbonyl (C=O) groups is 1. The second kappa shape index (κ2) is 6.37. The highest BCUT2D eigenvalue weighted by atomic mass is 16.3. The highest BCUT2D eigenvalue weighted by molar-refractivity contribution is 5.76. The Hall–Kier alpha value is -2.42. The Morgan fingerprint density at radius 3 is 2.87 bits per heavy atom. The summed E-state index contributed by atoms with van der Waals surface area (Å²) in [5.41, 5.74) is 1.50. The van der Waals surface area contributed by atoms with Gasteiger partial charge in [-0.3, -0.25) is 14.9 Å². The first-order valence-corrected chi connectivity index (χ1v) is 7.61. The van der Waals surface area contributed by atoms with Crippen LogP contribution >= 0.6 is 0 Å². The Balaban J connectivity index is 1.52. The molecule has 3 rings (SSSR count). The fourth-order valence-corrected chi connectivity index (χ4v) is 2.91. The van der Waals surface area contributed by atoms with E-state index in [0.29, 0.717) is 31.8 Å². The predicted octanol–water partition coefficient (Wildman–Crippen LogP) is -0.876. The number of aliphatic hydroxyl groups is 1. The molecular weight excluding hydrogens is 300 g/mol. The molecule has 0 spiro atoms. The summed E-state index contributed by atoms with van der Waals surface area (Å²) in [6.45, 7) is 2.78. The number of aromatic amines is 3. The van der Waals surface area contributed by atoms with Gasteiger partial charge in [0.15, 0.2) is 0 Å². The summed E-state index contributed by atoms with van der Waals surface area (Å²) < 4.78 is 0. The Bertz CT molecular complexity index is 733. The number of aryl methyl sites for hydroxylation is 2. The topological polar surface area (TPSA) is 131 Å². The van der Waals surface area contributed by atoms with Crippen molar-refractivity contribution in [2.45, 2.75) is 32.3 Å². The van der Waals surface area contributed by atoms with E-state index in [-0.39, 0.29) is 23.9 Å². The van der Waals surface area contributed by atoms with Crippen LogP contribution in [-0.4, -0.2) is 60.5 Å². The van der Waals surface area contributed by atoms with Gasteiger partial charge in [-0.05, 0) is 19.4 Å². The molecule has 1 saturated heterocycles. The lowest BCUT2D eigenvalue weighted by molar-refractivity contribution is -0.130. The Morgan fingerprint density at radius 1 is 1.39 bits per heavy atom. The number of carbonyl (C=O) groups excluding carboxylic acids is 1. The normalized spacial score (nSPS) is 21.0. The number of likely N-dealkylation sites (tertiary alicyclic amines) is 1. The summed E-state index contributed by atoms with van der Waals surface area (Å²) in [7, 11) is 0. The number of aromatic nitrogens is 5. The van der Waals surface area contributed by atoms with Gasteiger partial charge in [0, 0.05) is 37.5 Å². The SMILES string of the molecule is Cc1cc(C[C@@H]2CN(C(=O)CCc3n[nH]c(=O)[nH]3)C[C@@H]2O)n[nH]1. The van der Waals surface area contributed by atoms with E-state index < -0.39 is 6.10 Å². The average molecular weight is 320 g/mol. The maximum Gasteiger partial charge on any atom is 0.340 e. The molecule has 124 valence electrons. The van der Waals surface area contributed by atoms with E-state index in [4.69, 9.17) is 0 Å². The summed E-state index contributed by atoms with van der Waals surface area (Å²) in [5, 5.41) is 23.3. The summed E-state index contributed by atoms with van der Waals surface area (Å²) in [4.78, 5) is 27.4. The predicted molar refractivity (Wildman–Crippen MR) is 80.6 cm³/mol. The van der Waals surface area contributed by atoms with E-state index in [1.165, 1.54) is 0 Å². The van der Waals surface area contributed by atoms with Gasteiger partial charge < -0.3 is 10.0 Å². The van der Waals surface area contributed by atoms with Crippen LogP contribution in [0.2, 0.25) is 0 Å². The molecule has 1 amide bonds. The number of hydrogen-bond donors (Lipinski definition) is 4. The van der Waals surface area contributed by atoms with Crippen molar-refractivity contribution in [2.75, 3.05) is 13.1 Å². The van der Waals surface area contributed by atoms with Crippen molar-refractivity contribution in [3.05, 3.63) is 33.8 Å². The van der Waals surface area contributed by atoms with Crippen molar-refractivity contribution >= 4 is 5.91 Å². The number of β-amino-alcohol motifs (C(OH)–C–C–N with tert-alkyl or cyclic N) is 1. The number of rotatable bonds is 5. The second-order valence-corrected chi connectivity index (χ2v) is 6.00. The van der Waals surface area contributed by atoms with Gasteiger partial charge in [0.1, 0.15) is 5.82 Å². The number of aliphatic hydroxyl groups excluding tert-OH is 1. The number of H-pyrrole nitrogens is 3. The lowest BCUT2D eigenvalue weighted by atomic mass is 10.0. The minimum atomic E-state index is -0.541. The molecule has 0 radical (unpaired) electrons. The van der Waals surface area contributed by atoms with Crippen molar-refractivity contribution in [3.63, 3.8) is 0 Å². The zero-order valence-corrected chi connectivity index (χ0v) is 12.9. The van der Waals surface area contributed by atoms with Gasteiger partial charge in [0.05, 0.1) is 11.8 Å². The Kier molecular flexibility index (Phi) is 4.28. The lowest BCUT2D eigenvalue weighted by Crippen LogP contribution is -2.29. The highest BCUT2D eigenvalue weighted by Gasteiger charge is 2.34. The van der Waals surface area contributed by atoms with E-state index in [9.17, 15) is 14.7 Å². The van der Waals surface area contributed by atoms with Crippen LogP contribution in [0.3, 0.4) is 0 Å². The van der Waals surface area contributed by atoms with Crippen LogP contribution in [0.25, 0.3) is 0 Å². The maximum atomic E-state index is 12.2. The van der Waals surface area contributed by atoms with Crippen LogP contribution in [0, 0.1) is 12.8 Å².